The van der Waals surface area contributed by atoms with Crippen LogP contribution in [0, 0.1) is 11.2 Å². The lowest BCUT2D eigenvalue weighted by atomic mass is 9.92. The van der Waals surface area contributed by atoms with E-state index in [2.05, 4.69) is 21.2 Å². The molecule has 1 atom stereocenters. The van der Waals surface area contributed by atoms with Crippen molar-refractivity contribution < 1.29 is 9.18 Å². The summed E-state index contributed by atoms with van der Waals surface area (Å²) in [5.41, 5.74) is 5.19. The van der Waals surface area contributed by atoms with E-state index in [1.54, 1.807) is 26.0 Å². The summed E-state index contributed by atoms with van der Waals surface area (Å²) < 4.78 is 14.5. The van der Waals surface area contributed by atoms with Crippen molar-refractivity contribution >= 4 is 21.8 Å². The Kier molecular flexibility index (Phi) is 4.87. The fraction of sp³-hybridized carbons (Fsp3) is 0.462. The average molecular weight is 317 g/mol. The molecule has 0 fully saturated rings. The summed E-state index contributed by atoms with van der Waals surface area (Å²) >= 11 is 3.31. The van der Waals surface area contributed by atoms with Crippen LogP contribution >= 0.6 is 15.9 Å². The van der Waals surface area contributed by atoms with E-state index in [-0.39, 0.29) is 17.8 Å². The molecule has 1 aromatic rings. The molecule has 5 heteroatoms. The summed E-state index contributed by atoms with van der Waals surface area (Å²) in [7, 11) is 0. The molecule has 0 aromatic heterocycles. The molecule has 0 aliphatic rings. The number of hydrogen-bond donors (Lipinski definition) is 2. The van der Waals surface area contributed by atoms with Crippen LogP contribution in [0.3, 0.4) is 0 Å². The number of carbonyl (C=O) groups excluding carboxylic acids is 1. The first-order valence-corrected chi connectivity index (χ1v) is 6.51. The molecule has 0 saturated heterocycles. The second-order valence-corrected chi connectivity index (χ2v) is 5.93. The van der Waals surface area contributed by atoms with Gasteiger partial charge in [-0.1, -0.05) is 15.9 Å². The van der Waals surface area contributed by atoms with Crippen LogP contribution in [0.5, 0.6) is 0 Å². The van der Waals surface area contributed by atoms with Crippen LogP contribution in [0.15, 0.2) is 22.7 Å². The number of carbonyl (C=O) groups is 1. The Morgan fingerprint density at radius 3 is 2.72 bits per heavy atom. The first-order chi connectivity index (χ1) is 8.24. The second-order valence-electron chi connectivity index (χ2n) is 5.02. The van der Waals surface area contributed by atoms with Crippen molar-refractivity contribution in [1.29, 1.82) is 0 Å². The fourth-order valence-electron chi connectivity index (χ4n) is 1.45. The van der Waals surface area contributed by atoms with E-state index in [9.17, 15) is 9.18 Å². The smallest absolute Gasteiger partial charge is 0.224 e. The summed E-state index contributed by atoms with van der Waals surface area (Å²) in [6.07, 6.45) is 0. The van der Waals surface area contributed by atoms with Crippen LogP contribution in [-0.4, -0.2) is 12.5 Å². The van der Waals surface area contributed by atoms with Gasteiger partial charge in [-0.05, 0) is 39.0 Å². The number of primary amides is 1. The molecule has 100 valence electrons. The minimum Gasteiger partial charge on any atom is -0.369 e. The van der Waals surface area contributed by atoms with Gasteiger partial charge >= 0.3 is 0 Å². The quantitative estimate of drug-likeness (QED) is 0.877. The molecule has 3 nitrogen and oxygen atoms in total. The predicted octanol–water partition coefficient (Wildman–Crippen LogP) is 2.75. The van der Waals surface area contributed by atoms with Crippen molar-refractivity contribution in [3.05, 3.63) is 34.1 Å². The number of benzene rings is 1. The van der Waals surface area contributed by atoms with Crippen LogP contribution in [0.25, 0.3) is 0 Å². The van der Waals surface area contributed by atoms with E-state index in [0.717, 1.165) is 4.47 Å². The van der Waals surface area contributed by atoms with Gasteiger partial charge in [0.15, 0.2) is 0 Å². The minimum absolute atomic E-state index is 0.193. The van der Waals surface area contributed by atoms with Crippen molar-refractivity contribution in [2.45, 2.75) is 26.8 Å². The first kappa shape index (κ1) is 15.1. The van der Waals surface area contributed by atoms with Crippen LogP contribution in [0.4, 0.5) is 4.39 Å². The van der Waals surface area contributed by atoms with E-state index in [1.807, 2.05) is 6.92 Å². The van der Waals surface area contributed by atoms with Gasteiger partial charge in [0.05, 0.1) is 5.41 Å². The molecule has 0 saturated carbocycles. The molecule has 18 heavy (non-hydrogen) atoms. The zero-order chi connectivity index (χ0) is 13.9. The van der Waals surface area contributed by atoms with E-state index < -0.39 is 5.41 Å². The SMILES string of the molecule is CC(NCC(C)(C)C(N)=O)c1cc(Br)ccc1F. The van der Waals surface area contributed by atoms with E-state index in [1.165, 1.54) is 6.07 Å². The first-order valence-electron chi connectivity index (χ1n) is 5.72. The zero-order valence-corrected chi connectivity index (χ0v) is 12.3. The lowest BCUT2D eigenvalue weighted by Crippen LogP contribution is -2.41. The van der Waals surface area contributed by atoms with Crippen molar-refractivity contribution in [1.82, 2.24) is 5.32 Å². The monoisotopic (exact) mass is 316 g/mol. The lowest BCUT2D eigenvalue weighted by Gasteiger charge is -2.24. The van der Waals surface area contributed by atoms with Gasteiger partial charge in [-0.25, -0.2) is 4.39 Å². The number of hydrogen-bond acceptors (Lipinski definition) is 2. The molecule has 1 unspecified atom stereocenters. The third-order valence-electron chi connectivity index (χ3n) is 2.94. The Hall–Kier alpha value is -0.940. The Morgan fingerprint density at radius 1 is 1.56 bits per heavy atom. The Bertz CT molecular complexity index is 449. The van der Waals surface area contributed by atoms with Crippen LogP contribution < -0.4 is 11.1 Å². The van der Waals surface area contributed by atoms with Gasteiger partial charge in [0.2, 0.25) is 5.91 Å². The maximum Gasteiger partial charge on any atom is 0.224 e. The van der Waals surface area contributed by atoms with Crippen molar-refractivity contribution in [3.63, 3.8) is 0 Å². The molecule has 0 heterocycles. The predicted molar refractivity (Wildman–Crippen MR) is 73.5 cm³/mol. The van der Waals surface area contributed by atoms with Gasteiger partial charge in [-0.2, -0.15) is 0 Å². The van der Waals surface area contributed by atoms with Gasteiger partial charge in [-0.3, -0.25) is 4.79 Å². The molecular formula is C13H18BrFN2O. The van der Waals surface area contributed by atoms with Gasteiger partial charge in [-0.15, -0.1) is 0 Å². The van der Waals surface area contributed by atoms with Crippen molar-refractivity contribution in [2.75, 3.05) is 6.54 Å². The second kappa shape index (κ2) is 5.80. The number of amides is 1. The third kappa shape index (κ3) is 3.78. The topological polar surface area (TPSA) is 55.1 Å². The Morgan fingerprint density at radius 2 is 2.17 bits per heavy atom. The lowest BCUT2D eigenvalue weighted by molar-refractivity contribution is -0.125. The van der Waals surface area contributed by atoms with Gasteiger partial charge in [0, 0.05) is 22.6 Å². The molecule has 3 N–H and O–H groups in total. The largest absolute Gasteiger partial charge is 0.369 e. The maximum absolute atomic E-state index is 13.6. The molecular weight excluding hydrogens is 299 g/mol. The highest BCUT2D eigenvalue weighted by Gasteiger charge is 2.25. The molecule has 0 aliphatic carbocycles. The molecule has 1 amide bonds. The van der Waals surface area contributed by atoms with Gasteiger partial charge in [0.1, 0.15) is 5.82 Å². The van der Waals surface area contributed by atoms with E-state index in [4.69, 9.17) is 5.73 Å². The molecule has 1 aromatic carbocycles. The van der Waals surface area contributed by atoms with E-state index >= 15 is 0 Å². The number of nitrogens with one attached hydrogen (secondary N) is 1. The average Bonchev–Trinajstić information content (AvgIpc) is 2.29. The highest BCUT2D eigenvalue weighted by atomic mass is 79.9. The standard InChI is InChI=1S/C13H18BrFN2O/c1-8(17-7-13(2,3)12(16)18)10-6-9(14)4-5-11(10)15/h4-6,8,17H,7H2,1-3H3,(H2,16,18). The van der Waals surface area contributed by atoms with Crippen LogP contribution in [0.2, 0.25) is 0 Å². The van der Waals surface area contributed by atoms with Crippen LogP contribution in [0.1, 0.15) is 32.4 Å². The summed E-state index contributed by atoms with van der Waals surface area (Å²) in [5.74, 6) is -0.646. The number of halogens is 2. The number of rotatable bonds is 5. The summed E-state index contributed by atoms with van der Waals surface area (Å²) in [6, 6.07) is 4.60. The highest BCUT2D eigenvalue weighted by Crippen LogP contribution is 2.22. The summed E-state index contributed by atoms with van der Waals surface area (Å²) in [4.78, 5) is 11.2. The molecule has 0 aliphatic heterocycles. The Labute approximate surface area is 115 Å². The molecule has 0 radical (unpaired) electrons. The van der Waals surface area contributed by atoms with E-state index in [0.29, 0.717) is 12.1 Å². The Balaban J connectivity index is 2.74. The minimum atomic E-state index is -0.656. The van der Waals surface area contributed by atoms with Gasteiger partial charge in [0.25, 0.3) is 0 Å². The molecule has 0 bridgehead atoms. The zero-order valence-electron chi connectivity index (χ0n) is 10.8. The molecule has 0 spiro atoms. The van der Waals surface area contributed by atoms with Crippen molar-refractivity contribution in [2.24, 2.45) is 11.1 Å². The highest BCUT2D eigenvalue weighted by molar-refractivity contribution is 9.10. The summed E-state index contributed by atoms with van der Waals surface area (Å²) in [6.45, 7) is 5.76. The third-order valence-corrected chi connectivity index (χ3v) is 3.44. The van der Waals surface area contributed by atoms with Crippen LogP contribution in [-0.2, 0) is 4.79 Å². The normalized spacial score (nSPS) is 13.4. The summed E-state index contributed by atoms with van der Waals surface area (Å²) in [5, 5.41) is 3.13. The molecule has 1 rings (SSSR count). The number of nitrogens with two attached hydrogens (primary N) is 1. The van der Waals surface area contributed by atoms with Crippen molar-refractivity contribution in [3.8, 4) is 0 Å². The van der Waals surface area contributed by atoms with Gasteiger partial charge < -0.3 is 11.1 Å². The fourth-order valence-corrected chi connectivity index (χ4v) is 1.83. The maximum atomic E-state index is 13.6.